The summed E-state index contributed by atoms with van der Waals surface area (Å²) in [6.07, 6.45) is 3.06. The lowest BCUT2D eigenvalue weighted by molar-refractivity contribution is -0.116. The van der Waals surface area contributed by atoms with Gasteiger partial charge in [0.2, 0.25) is 15.9 Å². The number of nitrogens with one attached hydrogen (secondary N) is 1. The zero-order chi connectivity index (χ0) is 22.1. The molecule has 0 atom stereocenters. The first-order chi connectivity index (χ1) is 14.3. The third-order valence-corrected chi connectivity index (χ3v) is 6.09. The Morgan fingerprint density at radius 2 is 1.70 bits per heavy atom. The molecule has 0 saturated heterocycles. The predicted molar refractivity (Wildman–Crippen MR) is 117 cm³/mol. The molecule has 0 aliphatic carbocycles. The van der Waals surface area contributed by atoms with Gasteiger partial charge in [0.15, 0.2) is 11.5 Å². The summed E-state index contributed by atoms with van der Waals surface area (Å²) < 4.78 is 37.2. The minimum absolute atomic E-state index is 0.0971. The number of amides is 1. The quantitative estimate of drug-likeness (QED) is 0.583. The van der Waals surface area contributed by atoms with Crippen LogP contribution in [0.3, 0.4) is 0 Å². The van der Waals surface area contributed by atoms with Crippen LogP contribution >= 0.6 is 0 Å². The highest BCUT2D eigenvalue weighted by Gasteiger charge is 2.20. The van der Waals surface area contributed by atoms with Gasteiger partial charge >= 0.3 is 0 Å². The van der Waals surface area contributed by atoms with Crippen LogP contribution in [0.1, 0.15) is 25.0 Å². The highest BCUT2D eigenvalue weighted by molar-refractivity contribution is 7.89. The molecule has 1 amide bonds. The molecule has 7 nitrogen and oxygen atoms in total. The number of hydrogen-bond donors (Lipinski definition) is 1. The minimum Gasteiger partial charge on any atom is -0.490 e. The van der Waals surface area contributed by atoms with Gasteiger partial charge in [0.25, 0.3) is 0 Å². The van der Waals surface area contributed by atoms with E-state index in [4.69, 9.17) is 9.47 Å². The van der Waals surface area contributed by atoms with Crippen LogP contribution in [-0.4, -0.2) is 45.9 Å². The van der Waals surface area contributed by atoms with Crippen molar-refractivity contribution in [1.82, 2.24) is 9.62 Å². The molecule has 0 heterocycles. The molecule has 0 radical (unpaired) electrons. The zero-order valence-electron chi connectivity index (χ0n) is 17.7. The molecule has 162 valence electrons. The van der Waals surface area contributed by atoms with Crippen LogP contribution in [0.15, 0.2) is 53.4 Å². The van der Waals surface area contributed by atoms with Crippen LogP contribution in [0.5, 0.6) is 11.5 Å². The normalized spacial score (nSPS) is 11.6. The van der Waals surface area contributed by atoms with E-state index in [2.05, 4.69) is 5.32 Å². The summed E-state index contributed by atoms with van der Waals surface area (Å²) in [5.74, 6) is 0.934. The zero-order valence-corrected chi connectivity index (χ0v) is 18.5. The van der Waals surface area contributed by atoms with Crippen LogP contribution in [0.4, 0.5) is 0 Å². The molecule has 8 heteroatoms. The van der Waals surface area contributed by atoms with Gasteiger partial charge in [0.1, 0.15) is 0 Å². The first kappa shape index (κ1) is 23.4. The molecular formula is C22H28N2O5S. The van der Waals surface area contributed by atoms with Crippen molar-refractivity contribution in [3.05, 3.63) is 59.7 Å². The van der Waals surface area contributed by atoms with Crippen molar-refractivity contribution < 1.29 is 22.7 Å². The van der Waals surface area contributed by atoms with Crippen LogP contribution in [0.2, 0.25) is 0 Å². The third-order valence-electron chi connectivity index (χ3n) is 4.18. The van der Waals surface area contributed by atoms with Crippen molar-refractivity contribution in [2.24, 2.45) is 0 Å². The van der Waals surface area contributed by atoms with Gasteiger partial charge < -0.3 is 14.8 Å². The van der Waals surface area contributed by atoms with Crippen LogP contribution in [0.25, 0.3) is 6.08 Å². The molecule has 0 fully saturated rings. The summed E-state index contributed by atoms with van der Waals surface area (Å²) in [5.41, 5.74) is 1.31. The molecular weight excluding hydrogens is 404 g/mol. The fourth-order valence-corrected chi connectivity index (χ4v) is 3.80. The van der Waals surface area contributed by atoms with E-state index >= 15 is 0 Å². The Hall–Kier alpha value is -2.84. The van der Waals surface area contributed by atoms with Crippen molar-refractivity contribution >= 4 is 22.0 Å². The average Bonchev–Trinajstić information content (AvgIpc) is 2.72. The summed E-state index contributed by atoms with van der Waals surface area (Å²) in [6, 6.07) is 12.0. The summed E-state index contributed by atoms with van der Waals surface area (Å²) in [6.45, 7) is 4.92. The van der Waals surface area contributed by atoms with Crippen LogP contribution in [-0.2, 0) is 21.4 Å². The molecule has 0 spiro atoms. The second kappa shape index (κ2) is 10.8. The number of benzene rings is 2. The summed E-state index contributed by atoms with van der Waals surface area (Å²) in [7, 11) is -0.646. The van der Waals surface area contributed by atoms with Crippen molar-refractivity contribution in [3.8, 4) is 11.5 Å². The minimum atomic E-state index is -3.59. The molecule has 0 unspecified atom stereocenters. The predicted octanol–water partition coefficient (Wildman–Crippen LogP) is 3.06. The number of sulfonamides is 1. The van der Waals surface area contributed by atoms with Gasteiger partial charge in [-0.1, -0.05) is 24.3 Å². The monoisotopic (exact) mass is 432 g/mol. The lowest BCUT2D eigenvalue weighted by Crippen LogP contribution is -2.26. The first-order valence-corrected chi connectivity index (χ1v) is 11.1. The van der Waals surface area contributed by atoms with Crippen molar-refractivity contribution in [2.45, 2.75) is 25.3 Å². The van der Waals surface area contributed by atoms with Gasteiger partial charge in [0.05, 0.1) is 18.1 Å². The van der Waals surface area contributed by atoms with E-state index in [9.17, 15) is 13.2 Å². The van der Waals surface area contributed by atoms with E-state index in [1.165, 1.54) is 26.2 Å². The largest absolute Gasteiger partial charge is 0.490 e. The SMILES string of the molecule is CCOc1ccc(/C=C/C(=O)NCc2ccccc2S(=O)(=O)N(C)C)cc1OCC. The number of carbonyl (C=O) groups excluding carboxylic acids is 1. The number of carbonyl (C=O) groups is 1. The topological polar surface area (TPSA) is 84.9 Å². The first-order valence-electron chi connectivity index (χ1n) is 9.65. The molecule has 2 rings (SSSR count). The molecule has 0 aliphatic rings. The van der Waals surface area contributed by atoms with E-state index in [1.807, 2.05) is 19.9 Å². The summed E-state index contributed by atoms with van der Waals surface area (Å²) in [4.78, 5) is 12.4. The number of rotatable bonds is 10. The third kappa shape index (κ3) is 6.08. The molecule has 0 bridgehead atoms. The molecule has 1 N–H and O–H groups in total. The van der Waals surface area contributed by atoms with Crippen LogP contribution in [0, 0.1) is 0 Å². The Labute approximate surface area is 178 Å². The molecule has 2 aromatic rings. The lowest BCUT2D eigenvalue weighted by Gasteiger charge is -2.15. The van der Waals surface area contributed by atoms with Gasteiger partial charge in [-0.3, -0.25) is 4.79 Å². The Balaban J connectivity index is 2.09. The average molecular weight is 433 g/mol. The summed E-state index contributed by atoms with van der Waals surface area (Å²) >= 11 is 0. The van der Waals surface area contributed by atoms with E-state index in [1.54, 1.807) is 36.4 Å². The molecule has 0 aromatic heterocycles. The molecule has 0 aliphatic heterocycles. The van der Waals surface area contributed by atoms with E-state index in [0.717, 1.165) is 9.87 Å². The van der Waals surface area contributed by atoms with Gasteiger partial charge in [0, 0.05) is 26.7 Å². The summed E-state index contributed by atoms with van der Waals surface area (Å²) in [5, 5.41) is 2.73. The van der Waals surface area contributed by atoms with Gasteiger partial charge in [-0.05, 0) is 49.2 Å². The standard InChI is InChI=1S/C22H28N2O5S/c1-5-28-19-13-11-17(15-20(19)29-6-2)12-14-22(25)23-16-18-9-7-8-10-21(18)30(26,27)24(3)4/h7-15H,5-6,16H2,1-4H3,(H,23,25)/b14-12+. The van der Waals surface area contributed by atoms with Crippen LogP contribution < -0.4 is 14.8 Å². The Morgan fingerprint density at radius 3 is 2.37 bits per heavy atom. The van der Waals surface area contributed by atoms with Crippen molar-refractivity contribution in [1.29, 1.82) is 0 Å². The molecule has 2 aromatic carbocycles. The number of ether oxygens (including phenoxy) is 2. The fraction of sp³-hybridized carbons (Fsp3) is 0.318. The lowest BCUT2D eigenvalue weighted by atomic mass is 10.2. The maximum Gasteiger partial charge on any atom is 0.244 e. The second-order valence-electron chi connectivity index (χ2n) is 6.52. The number of nitrogens with zero attached hydrogens (tertiary/aromatic N) is 1. The fourth-order valence-electron chi connectivity index (χ4n) is 2.68. The smallest absolute Gasteiger partial charge is 0.244 e. The number of hydrogen-bond acceptors (Lipinski definition) is 5. The Kier molecular flexibility index (Phi) is 8.44. The Bertz CT molecular complexity index is 1000. The van der Waals surface area contributed by atoms with Gasteiger partial charge in [-0.2, -0.15) is 0 Å². The van der Waals surface area contributed by atoms with E-state index < -0.39 is 10.0 Å². The van der Waals surface area contributed by atoms with E-state index in [0.29, 0.717) is 30.3 Å². The Morgan fingerprint density at radius 1 is 1.03 bits per heavy atom. The molecule has 0 saturated carbocycles. The highest BCUT2D eigenvalue weighted by atomic mass is 32.2. The van der Waals surface area contributed by atoms with E-state index in [-0.39, 0.29) is 17.3 Å². The molecule has 30 heavy (non-hydrogen) atoms. The van der Waals surface area contributed by atoms with Crippen molar-refractivity contribution in [3.63, 3.8) is 0 Å². The highest BCUT2D eigenvalue weighted by Crippen LogP contribution is 2.29. The second-order valence-corrected chi connectivity index (χ2v) is 8.64. The maximum absolute atomic E-state index is 12.4. The van der Waals surface area contributed by atoms with Crippen molar-refractivity contribution in [2.75, 3.05) is 27.3 Å². The van der Waals surface area contributed by atoms with Gasteiger partial charge in [-0.25, -0.2) is 12.7 Å². The van der Waals surface area contributed by atoms with Gasteiger partial charge in [-0.15, -0.1) is 0 Å². The maximum atomic E-state index is 12.4.